The normalized spacial score (nSPS) is 16.3. The third kappa shape index (κ3) is 3.85. The van der Waals surface area contributed by atoms with Gasteiger partial charge in [0.2, 0.25) is 0 Å². The molecule has 1 fully saturated rings. The molecular formula is C17H9F3N2O4S. The molecule has 1 aliphatic rings. The van der Waals surface area contributed by atoms with Crippen LogP contribution in [-0.2, 0) is 11.0 Å². The van der Waals surface area contributed by atoms with E-state index in [0.29, 0.717) is 22.2 Å². The van der Waals surface area contributed by atoms with E-state index >= 15 is 0 Å². The highest BCUT2D eigenvalue weighted by Gasteiger charge is 2.38. The number of carbonyl (C=O) groups excluding carboxylic acids is 2. The van der Waals surface area contributed by atoms with Crippen LogP contribution in [0.1, 0.15) is 11.1 Å². The van der Waals surface area contributed by atoms with E-state index in [1.807, 2.05) is 0 Å². The third-order valence-corrected chi connectivity index (χ3v) is 4.50. The summed E-state index contributed by atoms with van der Waals surface area (Å²) in [5.74, 6) is -0.761. The summed E-state index contributed by atoms with van der Waals surface area (Å²) in [7, 11) is 0. The summed E-state index contributed by atoms with van der Waals surface area (Å²) in [6.45, 7) is 0. The highest BCUT2D eigenvalue weighted by Crippen LogP contribution is 2.38. The molecule has 0 atom stereocenters. The van der Waals surface area contributed by atoms with Gasteiger partial charge in [0.05, 0.1) is 21.1 Å². The van der Waals surface area contributed by atoms with Gasteiger partial charge in [-0.05, 0) is 53.7 Å². The largest absolute Gasteiger partial charge is 0.416 e. The van der Waals surface area contributed by atoms with E-state index in [-0.39, 0.29) is 16.3 Å². The number of thioether (sulfide) groups is 1. The van der Waals surface area contributed by atoms with Gasteiger partial charge >= 0.3 is 6.18 Å². The van der Waals surface area contributed by atoms with E-state index in [1.165, 1.54) is 36.4 Å². The zero-order chi connectivity index (χ0) is 19.8. The van der Waals surface area contributed by atoms with Gasteiger partial charge in [0.15, 0.2) is 0 Å². The molecule has 6 nitrogen and oxygen atoms in total. The molecule has 1 saturated heterocycles. The number of amides is 2. The van der Waals surface area contributed by atoms with Gasteiger partial charge in [-0.1, -0.05) is 6.07 Å². The zero-order valence-corrected chi connectivity index (χ0v) is 14.1. The second kappa shape index (κ2) is 6.88. The Kier molecular flexibility index (Phi) is 4.75. The first kappa shape index (κ1) is 18.6. The van der Waals surface area contributed by atoms with Crippen molar-refractivity contribution in [2.24, 2.45) is 0 Å². The smallest absolute Gasteiger partial charge is 0.268 e. The SMILES string of the molecule is O=C1S/C(=C\c2ccc([N+](=O)[O-])cc2)C(=O)N1c1cccc(C(F)(F)F)c1. The van der Waals surface area contributed by atoms with Crippen LogP contribution >= 0.6 is 11.8 Å². The van der Waals surface area contributed by atoms with Gasteiger partial charge < -0.3 is 0 Å². The second-order valence-electron chi connectivity index (χ2n) is 5.41. The van der Waals surface area contributed by atoms with Crippen LogP contribution in [0.3, 0.4) is 0 Å². The molecule has 10 heteroatoms. The number of hydrogen-bond acceptors (Lipinski definition) is 5. The van der Waals surface area contributed by atoms with E-state index in [2.05, 4.69) is 0 Å². The Morgan fingerprint density at radius 3 is 2.33 bits per heavy atom. The molecule has 1 aliphatic heterocycles. The van der Waals surface area contributed by atoms with Crippen LogP contribution in [0.25, 0.3) is 6.08 Å². The first-order chi connectivity index (χ1) is 12.7. The number of nitro groups is 1. The first-order valence-electron chi connectivity index (χ1n) is 7.36. The standard InChI is InChI=1S/C17H9F3N2O4S/c18-17(19,20)11-2-1-3-13(9-11)21-15(23)14(27-16(21)24)8-10-4-6-12(7-5-10)22(25)26/h1-9H/b14-8-. The fraction of sp³-hybridized carbons (Fsp3) is 0.0588. The summed E-state index contributed by atoms with van der Waals surface area (Å²) >= 11 is 0.579. The zero-order valence-electron chi connectivity index (χ0n) is 13.3. The average molecular weight is 394 g/mol. The van der Waals surface area contributed by atoms with Crippen molar-refractivity contribution in [2.45, 2.75) is 6.18 Å². The second-order valence-corrected chi connectivity index (χ2v) is 6.41. The predicted molar refractivity (Wildman–Crippen MR) is 93.0 cm³/mol. The molecule has 0 aromatic heterocycles. The minimum Gasteiger partial charge on any atom is -0.268 e. The summed E-state index contributed by atoms with van der Waals surface area (Å²) in [4.78, 5) is 35.4. The maximum Gasteiger partial charge on any atom is 0.416 e. The van der Waals surface area contributed by atoms with Crippen molar-refractivity contribution < 1.29 is 27.7 Å². The average Bonchev–Trinajstić information content (AvgIpc) is 2.88. The van der Waals surface area contributed by atoms with Crippen molar-refractivity contribution >= 4 is 40.4 Å². The number of nitro benzene ring substituents is 1. The number of hydrogen-bond donors (Lipinski definition) is 0. The lowest BCUT2D eigenvalue weighted by Gasteiger charge is -2.14. The maximum atomic E-state index is 12.8. The van der Waals surface area contributed by atoms with Crippen molar-refractivity contribution in [1.82, 2.24) is 0 Å². The fourth-order valence-corrected chi connectivity index (χ4v) is 3.20. The molecular weight excluding hydrogens is 385 g/mol. The molecule has 2 aromatic rings. The Morgan fingerprint density at radius 2 is 1.74 bits per heavy atom. The quantitative estimate of drug-likeness (QED) is 0.422. The Hall–Kier alpha value is -3.14. The molecule has 0 bridgehead atoms. The number of rotatable bonds is 3. The molecule has 3 rings (SSSR count). The first-order valence-corrected chi connectivity index (χ1v) is 8.18. The van der Waals surface area contributed by atoms with E-state index in [9.17, 15) is 32.9 Å². The fourth-order valence-electron chi connectivity index (χ4n) is 2.36. The van der Waals surface area contributed by atoms with Crippen molar-refractivity contribution in [3.8, 4) is 0 Å². The van der Waals surface area contributed by atoms with Gasteiger partial charge in [-0.25, -0.2) is 4.90 Å². The van der Waals surface area contributed by atoms with Crippen molar-refractivity contribution in [3.05, 3.63) is 74.7 Å². The highest BCUT2D eigenvalue weighted by molar-refractivity contribution is 8.19. The number of nitrogens with zero attached hydrogens (tertiary/aromatic N) is 2. The minimum absolute atomic E-state index is 0.00580. The van der Waals surface area contributed by atoms with E-state index < -0.39 is 27.8 Å². The summed E-state index contributed by atoms with van der Waals surface area (Å²) in [5, 5.41) is 9.92. The Morgan fingerprint density at radius 1 is 1.07 bits per heavy atom. The van der Waals surface area contributed by atoms with Gasteiger partial charge in [-0.2, -0.15) is 13.2 Å². The van der Waals surface area contributed by atoms with Crippen LogP contribution in [-0.4, -0.2) is 16.1 Å². The molecule has 0 radical (unpaired) electrons. The molecule has 27 heavy (non-hydrogen) atoms. The maximum absolute atomic E-state index is 12.8. The van der Waals surface area contributed by atoms with E-state index in [1.54, 1.807) is 0 Å². The van der Waals surface area contributed by atoms with Gasteiger partial charge in [-0.15, -0.1) is 0 Å². The molecule has 0 unspecified atom stereocenters. The summed E-state index contributed by atoms with van der Waals surface area (Å²) in [5.41, 5.74) is -0.850. The predicted octanol–water partition coefficient (Wildman–Crippen LogP) is 4.85. The molecule has 0 spiro atoms. The van der Waals surface area contributed by atoms with Crippen LogP contribution in [0.15, 0.2) is 53.4 Å². The number of non-ortho nitro benzene ring substituents is 1. The van der Waals surface area contributed by atoms with Gasteiger partial charge in [0.1, 0.15) is 0 Å². The van der Waals surface area contributed by atoms with Crippen LogP contribution < -0.4 is 4.90 Å². The number of alkyl halides is 3. The summed E-state index contributed by atoms with van der Waals surface area (Å²) in [6.07, 6.45) is -3.26. The van der Waals surface area contributed by atoms with Crippen molar-refractivity contribution in [1.29, 1.82) is 0 Å². The lowest BCUT2D eigenvalue weighted by Crippen LogP contribution is -2.28. The van der Waals surface area contributed by atoms with Crippen molar-refractivity contribution in [2.75, 3.05) is 4.90 Å². The summed E-state index contributed by atoms with van der Waals surface area (Å²) in [6, 6.07) is 9.20. The van der Waals surface area contributed by atoms with E-state index in [0.717, 1.165) is 18.2 Å². The van der Waals surface area contributed by atoms with E-state index in [4.69, 9.17) is 0 Å². The molecule has 2 amide bonds. The topological polar surface area (TPSA) is 80.5 Å². The number of carbonyl (C=O) groups is 2. The number of benzene rings is 2. The molecule has 0 saturated carbocycles. The van der Waals surface area contributed by atoms with Crippen LogP contribution in [0.5, 0.6) is 0 Å². The lowest BCUT2D eigenvalue weighted by molar-refractivity contribution is -0.384. The molecule has 138 valence electrons. The number of halogens is 3. The Balaban J connectivity index is 1.90. The number of imide groups is 1. The molecule has 0 aliphatic carbocycles. The monoisotopic (exact) mass is 394 g/mol. The highest BCUT2D eigenvalue weighted by atomic mass is 32.2. The lowest BCUT2D eigenvalue weighted by atomic mass is 10.1. The Bertz CT molecular complexity index is 971. The third-order valence-electron chi connectivity index (χ3n) is 3.63. The van der Waals surface area contributed by atoms with Gasteiger partial charge in [0.25, 0.3) is 16.8 Å². The molecule has 0 N–H and O–H groups in total. The van der Waals surface area contributed by atoms with Crippen LogP contribution in [0.2, 0.25) is 0 Å². The van der Waals surface area contributed by atoms with Crippen LogP contribution in [0.4, 0.5) is 29.3 Å². The van der Waals surface area contributed by atoms with Gasteiger partial charge in [-0.3, -0.25) is 19.7 Å². The number of anilines is 1. The molecule has 2 aromatic carbocycles. The van der Waals surface area contributed by atoms with Gasteiger partial charge in [0, 0.05) is 12.1 Å². The summed E-state index contributed by atoms with van der Waals surface area (Å²) < 4.78 is 38.5. The molecule has 1 heterocycles. The minimum atomic E-state index is -4.60. The van der Waals surface area contributed by atoms with Crippen molar-refractivity contribution in [3.63, 3.8) is 0 Å². The Labute approximate surface area is 154 Å². The van der Waals surface area contributed by atoms with Crippen LogP contribution in [0, 0.1) is 10.1 Å².